The van der Waals surface area contributed by atoms with E-state index in [9.17, 15) is 0 Å². The average Bonchev–Trinajstić information content (AvgIpc) is 2.52. The SMILES string of the molecule is COc1ccc(CCC(NN)c2ccc(C)c(Cl)c2)cc1. The summed E-state index contributed by atoms with van der Waals surface area (Å²) >= 11 is 6.18. The highest BCUT2D eigenvalue weighted by Crippen LogP contribution is 2.24. The Balaban J connectivity index is 2.02. The molecule has 2 aromatic carbocycles. The number of ether oxygens (including phenoxy) is 1. The quantitative estimate of drug-likeness (QED) is 0.630. The third-order valence-corrected chi connectivity index (χ3v) is 4.09. The first-order valence-corrected chi connectivity index (χ1v) is 7.37. The van der Waals surface area contributed by atoms with E-state index in [0.29, 0.717) is 0 Å². The number of hydrogen-bond donors (Lipinski definition) is 2. The molecule has 3 nitrogen and oxygen atoms in total. The van der Waals surface area contributed by atoms with E-state index < -0.39 is 0 Å². The van der Waals surface area contributed by atoms with Gasteiger partial charge in [0.05, 0.1) is 7.11 Å². The van der Waals surface area contributed by atoms with Crippen molar-refractivity contribution < 1.29 is 4.74 Å². The van der Waals surface area contributed by atoms with E-state index >= 15 is 0 Å². The minimum atomic E-state index is 0.0881. The lowest BCUT2D eigenvalue weighted by Gasteiger charge is -2.17. The minimum absolute atomic E-state index is 0.0881. The topological polar surface area (TPSA) is 47.3 Å². The zero-order chi connectivity index (χ0) is 15.2. The summed E-state index contributed by atoms with van der Waals surface area (Å²) < 4.78 is 5.16. The number of halogens is 1. The van der Waals surface area contributed by atoms with Crippen molar-refractivity contribution in [3.8, 4) is 5.75 Å². The molecule has 0 aliphatic carbocycles. The number of hydrogen-bond acceptors (Lipinski definition) is 3. The van der Waals surface area contributed by atoms with Gasteiger partial charge >= 0.3 is 0 Å². The number of hydrazine groups is 1. The summed E-state index contributed by atoms with van der Waals surface area (Å²) in [4.78, 5) is 0. The molecule has 21 heavy (non-hydrogen) atoms. The van der Waals surface area contributed by atoms with E-state index in [-0.39, 0.29) is 6.04 Å². The number of aryl methyl sites for hydroxylation is 2. The van der Waals surface area contributed by atoms with Gasteiger partial charge in [-0.2, -0.15) is 0 Å². The molecule has 2 aromatic rings. The van der Waals surface area contributed by atoms with Crippen LogP contribution in [0.1, 0.15) is 29.2 Å². The van der Waals surface area contributed by atoms with Crippen LogP contribution < -0.4 is 16.0 Å². The number of rotatable bonds is 6. The maximum absolute atomic E-state index is 6.18. The van der Waals surface area contributed by atoms with E-state index in [4.69, 9.17) is 22.2 Å². The van der Waals surface area contributed by atoms with Gasteiger partial charge in [0, 0.05) is 11.1 Å². The van der Waals surface area contributed by atoms with E-state index in [0.717, 1.165) is 34.7 Å². The Morgan fingerprint density at radius 2 is 1.90 bits per heavy atom. The summed E-state index contributed by atoms with van der Waals surface area (Å²) in [6, 6.07) is 14.3. The summed E-state index contributed by atoms with van der Waals surface area (Å²) in [6.07, 6.45) is 1.84. The Morgan fingerprint density at radius 3 is 2.48 bits per heavy atom. The van der Waals surface area contributed by atoms with Crippen LogP contribution in [0, 0.1) is 6.92 Å². The lowest BCUT2D eigenvalue weighted by atomic mass is 9.98. The van der Waals surface area contributed by atoms with Crippen LogP contribution in [0.3, 0.4) is 0 Å². The van der Waals surface area contributed by atoms with Crippen molar-refractivity contribution >= 4 is 11.6 Å². The van der Waals surface area contributed by atoms with Crippen LogP contribution in [0.25, 0.3) is 0 Å². The number of nitrogens with two attached hydrogens (primary N) is 1. The standard InChI is InChI=1S/C17H21ClN2O/c1-12-3-7-14(11-16(12)18)17(20-19)10-6-13-4-8-15(21-2)9-5-13/h3-5,7-9,11,17,20H,6,10,19H2,1-2H3. The average molecular weight is 305 g/mol. The Hall–Kier alpha value is -1.55. The molecule has 0 aromatic heterocycles. The molecule has 0 aliphatic rings. The van der Waals surface area contributed by atoms with Gasteiger partial charge in [0.15, 0.2) is 0 Å². The highest BCUT2D eigenvalue weighted by Gasteiger charge is 2.11. The van der Waals surface area contributed by atoms with Crippen molar-refractivity contribution in [2.24, 2.45) is 5.84 Å². The van der Waals surface area contributed by atoms with Gasteiger partial charge in [-0.05, 0) is 54.7 Å². The van der Waals surface area contributed by atoms with Gasteiger partial charge < -0.3 is 4.74 Å². The lowest BCUT2D eigenvalue weighted by molar-refractivity contribution is 0.414. The zero-order valence-electron chi connectivity index (χ0n) is 12.4. The molecule has 0 heterocycles. The largest absolute Gasteiger partial charge is 0.497 e. The van der Waals surface area contributed by atoms with Crippen molar-refractivity contribution in [3.05, 3.63) is 64.2 Å². The van der Waals surface area contributed by atoms with Gasteiger partial charge in [-0.15, -0.1) is 0 Å². The molecule has 0 amide bonds. The first-order chi connectivity index (χ1) is 10.1. The highest BCUT2D eigenvalue weighted by molar-refractivity contribution is 6.31. The molecule has 0 fully saturated rings. The van der Waals surface area contributed by atoms with Gasteiger partial charge in [0.1, 0.15) is 5.75 Å². The lowest BCUT2D eigenvalue weighted by Crippen LogP contribution is -2.28. The van der Waals surface area contributed by atoms with E-state index in [2.05, 4.69) is 23.6 Å². The fourth-order valence-corrected chi connectivity index (χ4v) is 2.46. The van der Waals surface area contributed by atoms with Crippen LogP contribution in [-0.2, 0) is 6.42 Å². The molecule has 0 aliphatic heterocycles. The fourth-order valence-electron chi connectivity index (χ4n) is 2.28. The van der Waals surface area contributed by atoms with Crippen LogP contribution in [0.15, 0.2) is 42.5 Å². The molecule has 2 rings (SSSR count). The molecular weight excluding hydrogens is 284 g/mol. The highest BCUT2D eigenvalue weighted by atomic mass is 35.5. The smallest absolute Gasteiger partial charge is 0.118 e. The second-order valence-corrected chi connectivity index (χ2v) is 5.52. The minimum Gasteiger partial charge on any atom is -0.497 e. The maximum Gasteiger partial charge on any atom is 0.118 e. The maximum atomic E-state index is 6.18. The van der Waals surface area contributed by atoms with Crippen molar-refractivity contribution in [2.75, 3.05) is 7.11 Å². The Bertz CT molecular complexity index is 584. The van der Waals surface area contributed by atoms with E-state index in [1.165, 1.54) is 5.56 Å². The van der Waals surface area contributed by atoms with Gasteiger partial charge in [0.25, 0.3) is 0 Å². The molecule has 1 unspecified atom stereocenters. The summed E-state index contributed by atoms with van der Waals surface area (Å²) in [5, 5.41) is 0.775. The molecule has 4 heteroatoms. The predicted molar refractivity (Wildman–Crippen MR) is 87.6 cm³/mol. The third kappa shape index (κ3) is 4.21. The van der Waals surface area contributed by atoms with Crippen LogP contribution in [0.4, 0.5) is 0 Å². The molecule has 0 spiro atoms. The zero-order valence-corrected chi connectivity index (χ0v) is 13.2. The van der Waals surface area contributed by atoms with Gasteiger partial charge in [-0.25, -0.2) is 0 Å². The van der Waals surface area contributed by atoms with Gasteiger partial charge in [-0.1, -0.05) is 35.9 Å². The molecule has 1 atom stereocenters. The van der Waals surface area contributed by atoms with Gasteiger partial charge in [-0.3, -0.25) is 11.3 Å². The second-order valence-electron chi connectivity index (χ2n) is 5.11. The van der Waals surface area contributed by atoms with Crippen LogP contribution in [-0.4, -0.2) is 7.11 Å². The van der Waals surface area contributed by atoms with E-state index in [1.807, 2.05) is 31.2 Å². The van der Waals surface area contributed by atoms with Crippen molar-refractivity contribution in [3.63, 3.8) is 0 Å². The third-order valence-electron chi connectivity index (χ3n) is 3.68. The van der Waals surface area contributed by atoms with Crippen LogP contribution in [0.2, 0.25) is 5.02 Å². The molecule has 0 saturated carbocycles. The Kier molecular flexibility index (Phi) is 5.62. The molecule has 0 bridgehead atoms. The Labute approximate surface area is 131 Å². The number of nitrogens with one attached hydrogen (secondary N) is 1. The van der Waals surface area contributed by atoms with Crippen LogP contribution >= 0.6 is 11.6 Å². The summed E-state index contributed by atoms with van der Waals surface area (Å²) in [5.74, 6) is 6.56. The monoisotopic (exact) mass is 304 g/mol. The Morgan fingerprint density at radius 1 is 1.19 bits per heavy atom. The second kappa shape index (κ2) is 7.46. The van der Waals surface area contributed by atoms with Crippen molar-refractivity contribution in [1.82, 2.24) is 5.43 Å². The number of methoxy groups -OCH3 is 1. The van der Waals surface area contributed by atoms with Gasteiger partial charge in [0.2, 0.25) is 0 Å². The fraction of sp³-hybridized carbons (Fsp3) is 0.294. The normalized spacial score (nSPS) is 12.2. The summed E-state index contributed by atoms with van der Waals surface area (Å²) in [5.41, 5.74) is 6.32. The molecule has 112 valence electrons. The first kappa shape index (κ1) is 15.8. The predicted octanol–water partition coefficient (Wildman–Crippen LogP) is 3.79. The molecule has 0 radical (unpaired) electrons. The molecular formula is C17H21ClN2O. The number of benzene rings is 2. The summed E-state index contributed by atoms with van der Waals surface area (Å²) in [7, 11) is 1.67. The van der Waals surface area contributed by atoms with Crippen molar-refractivity contribution in [1.29, 1.82) is 0 Å². The van der Waals surface area contributed by atoms with Crippen LogP contribution in [0.5, 0.6) is 5.75 Å². The molecule has 0 saturated heterocycles. The van der Waals surface area contributed by atoms with E-state index in [1.54, 1.807) is 7.11 Å². The first-order valence-electron chi connectivity index (χ1n) is 6.99. The molecule has 3 N–H and O–H groups in total. The van der Waals surface area contributed by atoms with Crippen molar-refractivity contribution in [2.45, 2.75) is 25.8 Å². The summed E-state index contributed by atoms with van der Waals surface area (Å²) in [6.45, 7) is 1.99.